The second-order valence-corrected chi connectivity index (χ2v) is 6.12. The van der Waals surface area contributed by atoms with E-state index in [-0.39, 0.29) is 0 Å². The molecule has 1 N–H and O–H groups in total. The van der Waals surface area contributed by atoms with Gasteiger partial charge in [0.2, 0.25) is 0 Å². The normalized spacial score (nSPS) is 14.1. The molecule has 2 heterocycles. The van der Waals surface area contributed by atoms with Crippen molar-refractivity contribution in [2.45, 2.75) is 11.3 Å². The summed E-state index contributed by atoms with van der Waals surface area (Å²) in [4.78, 5) is 12.4. The van der Waals surface area contributed by atoms with Crippen LogP contribution in [0.25, 0.3) is 10.9 Å². The van der Waals surface area contributed by atoms with Gasteiger partial charge in [-0.15, -0.1) is 11.8 Å². The lowest BCUT2D eigenvalue weighted by molar-refractivity contribution is 0.425. The van der Waals surface area contributed by atoms with E-state index in [1.807, 2.05) is 11.8 Å². The molecule has 0 fully saturated rings. The van der Waals surface area contributed by atoms with Crippen molar-refractivity contribution < 1.29 is 0 Å². The van der Waals surface area contributed by atoms with Gasteiger partial charge < -0.3 is 10.2 Å². The van der Waals surface area contributed by atoms with E-state index >= 15 is 0 Å². The number of nitrogens with one attached hydrogen (secondary N) is 1. The third-order valence-corrected chi connectivity index (χ3v) is 4.43. The van der Waals surface area contributed by atoms with Crippen LogP contribution < -0.4 is 5.32 Å². The second-order valence-electron chi connectivity index (χ2n) is 4.99. The van der Waals surface area contributed by atoms with Crippen LogP contribution >= 0.6 is 11.8 Å². The molecule has 19 heavy (non-hydrogen) atoms. The zero-order valence-corrected chi connectivity index (χ0v) is 12.1. The third kappa shape index (κ3) is 2.53. The zero-order valence-electron chi connectivity index (χ0n) is 11.3. The quantitative estimate of drug-likeness (QED) is 0.926. The molecule has 2 aromatic rings. The van der Waals surface area contributed by atoms with Crippen molar-refractivity contribution in [2.75, 3.05) is 38.3 Å². The summed E-state index contributed by atoms with van der Waals surface area (Å²) in [6, 6.07) is 4.29. The summed E-state index contributed by atoms with van der Waals surface area (Å²) in [7, 11) is 4.15. The van der Waals surface area contributed by atoms with Gasteiger partial charge >= 0.3 is 0 Å². The first-order valence-corrected chi connectivity index (χ1v) is 7.52. The molecule has 0 spiro atoms. The van der Waals surface area contributed by atoms with Crippen LogP contribution in [0.5, 0.6) is 0 Å². The predicted molar refractivity (Wildman–Crippen MR) is 81.0 cm³/mol. The molecule has 1 aliphatic rings. The largest absolute Gasteiger partial charge is 0.368 e. The van der Waals surface area contributed by atoms with Crippen LogP contribution in [0.2, 0.25) is 0 Å². The number of aromatic nitrogens is 2. The highest BCUT2D eigenvalue weighted by Crippen LogP contribution is 2.37. The van der Waals surface area contributed by atoms with E-state index in [1.165, 1.54) is 21.6 Å². The van der Waals surface area contributed by atoms with Crippen LogP contribution in [0.1, 0.15) is 5.56 Å². The predicted octanol–water partition coefficient (Wildman–Crippen LogP) is 2.25. The monoisotopic (exact) mass is 274 g/mol. The van der Waals surface area contributed by atoms with Gasteiger partial charge in [0, 0.05) is 29.1 Å². The average Bonchev–Trinajstić information content (AvgIpc) is 2.86. The summed E-state index contributed by atoms with van der Waals surface area (Å²) in [6.07, 6.45) is 2.77. The van der Waals surface area contributed by atoms with Gasteiger partial charge in [-0.2, -0.15) is 0 Å². The highest BCUT2D eigenvalue weighted by molar-refractivity contribution is 7.99. The minimum Gasteiger partial charge on any atom is -0.368 e. The molecular weight excluding hydrogens is 256 g/mol. The van der Waals surface area contributed by atoms with E-state index in [0.717, 1.165) is 30.8 Å². The van der Waals surface area contributed by atoms with Gasteiger partial charge in [-0.25, -0.2) is 9.97 Å². The summed E-state index contributed by atoms with van der Waals surface area (Å²) in [5, 5.41) is 4.66. The van der Waals surface area contributed by atoms with E-state index in [1.54, 1.807) is 6.33 Å². The number of rotatable bonds is 4. The summed E-state index contributed by atoms with van der Waals surface area (Å²) in [5.74, 6) is 2.15. The molecular formula is C14H18N4S. The zero-order chi connectivity index (χ0) is 13.2. The summed E-state index contributed by atoms with van der Waals surface area (Å²) in [6.45, 7) is 1.89. The molecule has 0 bridgehead atoms. The first-order chi connectivity index (χ1) is 9.25. The molecule has 0 radical (unpaired) electrons. The van der Waals surface area contributed by atoms with Gasteiger partial charge in [-0.1, -0.05) is 0 Å². The number of anilines is 1. The molecule has 0 aliphatic carbocycles. The average molecular weight is 274 g/mol. The molecule has 1 aromatic carbocycles. The number of fused-ring (bicyclic) bond motifs is 3. The smallest absolute Gasteiger partial charge is 0.137 e. The Hall–Kier alpha value is -1.33. The molecule has 0 unspecified atom stereocenters. The molecule has 4 nitrogen and oxygen atoms in total. The lowest BCUT2D eigenvalue weighted by Crippen LogP contribution is -2.21. The molecule has 100 valence electrons. The van der Waals surface area contributed by atoms with Crippen molar-refractivity contribution in [1.82, 2.24) is 14.9 Å². The van der Waals surface area contributed by atoms with Crippen molar-refractivity contribution in [2.24, 2.45) is 0 Å². The lowest BCUT2D eigenvalue weighted by atomic mass is 10.1. The number of thioether (sulfide) groups is 1. The van der Waals surface area contributed by atoms with Crippen molar-refractivity contribution in [3.05, 3.63) is 24.0 Å². The number of hydrogen-bond acceptors (Lipinski definition) is 5. The highest BCUT2D eigenvalue weighted by atomic mass is 32.2. The Kier molecular flexibility index (Phi) is 3.57. The molecule has 0 saturated carbocycles. The first kappa shape index (κ1) is 12.7. The van der Waals surface area contributed by atoms with Crippen molar-refractivity contribution in [3.8, 4) is 0 Å². The van der Waals surface area contributed by atoms with Crippen molar-refractivity contribution >= 4 is 28.5 Å². The van der Waals surface area contributed by atoms with Crippen LogP contribution in [0.15, 0.2) is 23.4 Å². The van der Waals surface area contributed by atoms with Crippen LogP contribution in [-0.4, -0.2) is 47.8 Å². The fraction of sp³-hybridized carbons (Fsp3) is 0.429. The van der Waals surface area contributed by atoms with Crippen LogP contribution in [0.4, 0.5) is 5.82 Å². The number of likely N-dealkylation sites (N-methyl/N-ethyl adjacent to an activating group) is 1. The Balaban J connectivity index is 1.97. The van der Waals surface area contributed by atoms with E-state index < -0.39 is 0 Å². The number of benzene rings is 1. The topological polar surface area (TPSA) is 41.0 Å². The Morgan fingerprint density at radius 1 is 1.32 bits per heavy atom. The highest BCUT2D eigenvalue weighted by Gasteiger charge is 2.17. The van der Waals surface area contributed by atoms with Gasteiger partial charge in [0.15, 0.2) is 0 Å². The maximum atomic E-state index is 4.43. The Labute approximate surface area is 117 Å². The molecule has 1 aromatic heterocycles. The van der Waals surface area contributed by atoms with E-state index in [2.05, 4.69) is 46.4 Å². The first-order valence-electron chi connectivity index (χ1n) is 6.53. The fourth-order valence-electron chi connectivity index (χ4n) is 2.38. The number of nitrogens with zero attached hydrogens (tertiary/aromatic N) is 3. The second kappa shape index (κ2) is 5.35. The lowest BCUT2D eigenvalue weighted by Gasteiger charge is -2.13. The standard InChI is InChI=1S/C14H18N4S/c1-18(2)7-6-15-14-13-10-5-8-19-12(10)4-3-11(13)16-9-17-14/h3-4,9H,5-8H2,1-2H3,(H,15,16,17). The third-order valence-electron chi connectivity index (χ3n) is 3.33. The summed E-state index contributed by atoms with van der Waals surface area (Å²) in [5.41, 5.74) is 2.46. The van der Waals surface area contributed by atoms with Crippen LogP contribution in [0.3, 0.4) is 0 Å². The van der Waals surface area contributed by atoms with Crippen molar-refractivity contribution in [1.29, 1.82) is 0 Å². The maximum Gasteiger partial charge on any atom is 0.137 e. The SMILES string of the molecule is CN(C)CCNc1ncnc2ccc3c(c12)CCS3. The fourth-order valence-corrected chi connectivity index (χ4v) is 3.45. The van der Waals surface area contributed by atoms with E-state index in [9.17, 15) is 0 Å². The Morgan fingerprint density at radius 3 is 3.05 bits per heavy atom. The molecule has 5 heteroatoms. The maximum absolute atomic E-state index is 4.43. The number of hydrogen-bond donors (Lipinski definition) is 1. The molecule has 3 rings (SSSR count). The van der Waals surface area contributed by atoms with Crippen LogP contribution in [-0.2, 0) is 6.42 Å². The van der Waals surface area contributed by atoms with E-state index in [4.69, 9.17) is 0 Å². The number of aryl methyl sites for hydroxylation is 1. The van der Waals surface area contributed by atoms with E-state index in [0.29, 0.717) is 0 Å². The molecule has 0 amide bonds. The Bertz CT molecular complexity index is 597. The minimum absolute atomic E-state index is 0.899. The van der Waals surface area contributed by atoms with Gasteiger partial charge in [-0.3, -0.25) is 0 Å². The molecule has 0 atom stereocenters. The minimum atomic E-state index is 0.899. The summed E-state index contributed by atoms with van der Waals surface area (Å²) >= 11 is 1.93. The molecule has 1 aliphatic heterocycles. The van der Waals surface area contributed by atoms with Gasteiger partial charge in [0.1, 0.15) is 12.1 Å². The Morgan fingerprint density at radius 2 is 2.21 bits per heavy atom. The molecule has 0 saturated heterocycles. The van der Waals surface area contributed by atoms with Gasteiger partial charge in [0.25, 0.3) is 0 Å². The van der Waals surface area contributed by atoms with Gasteiger partial charge in [-0.05, 0) is 38.2 Å². The van der Waals surface area contributed by atoms with Gasteiger partial charge in [0.05, 0.1) is 5.52 Å². The van der Waals surface area contributed by atoms with Crippen molar-refractivity contribution in [3.63, 3.8) is 0 Å². The summed E-state index contributed by atoms with van der Waals surface area (Å²) < 4.78 is 0. The van der Waals surface area contributed by atoms with Crippen LogP contribution in [0, 0.1) is 0 Å².